The van der Waals surface area contributed by atoms with Crippen LogP contribution in [0, 0.1) is 5.92 Å². The van der Waals surface area contributed by atoms with Gasteiger partial charge in [-0.25, -0.2) is 0 Å². The standard InChI is InChI=1S/C15H20N2O2/c18-15(17-13-5-3-7-16-9-13)12-8-11-4-1-2-6-14(11)19-10-12/h1-2,4,6,12-13,16H,3,5,7-10H2,(H,17,18)/t12?,13-/m0/s1. The summed E-state index contributed by atoms with van der Waals surface area (Å²) in [6, 6.07) is 8.24. The van der Waals surface area contributed by atoms with E-state index in [4.69, 9.17) is 4.74 Å². The highest BCUT2D eigenvalue weighted by Crippen LogP contribution is 2.26. The monoisotopic (exact) mass is 260 g/mol. The van der Waals surface area contributed by atoms with Crippen molar-refractivity contribution in [2.45, 2.75) is 25.3 Å². The molecule has 4 nitrogen and oxygen atoms in total. The summed E-state index contributed by atoms with van der Waals surface area (Å²) >= 11 is 0. The molecule has 1 amide bonds. The fourth-order valence-electron chi connectivity index (χ4n) is 2.79. The minimum absolute atomic E-state index is 0.0585. The van der Waals surface area contributed by atoms with Crippen LogP contribution < -0.4 is 15.4 Å². The largest absolute Gasteiger partial charge is 0.492 e. The first-order valence-corrected chi connectivity index (χ1v) is 7.05. The van der Waals surface area contributed by atoms with Gasteiger partial charge in [0.1, 0.15) is 12.4 Å². The van der Waals surface area contributed by atoms with Crippen molar-refractivity contribution < 1.29 is 9.53 Å². The summed E-state index contributed by atoms with van der Waals surface area (Å²) in [4.78, 5) is 12.3. The number of hydrogen-bond acceptors (Lipinski definition) is 3. The topological polar surface area (TPSA) is 50.4 Å². The van der Waals surface area contributed by atoms with Gasteiger partial charge >= 0.3 is 0 Å². The van der Waals surface area contributed by atoms with Gasteiger partial charge in [-0.2, -0.15) is 0 Å². The zero-order chi connectivity index (χ0) is 13.1. The predicted octanol–water partition coefficient (Wildman–Crippen LogP) is 1.11. The molecule has 1 aromatic rings. The molecule has 2 atom stereocenters. The van der Waals surface area contributed by atoms with Crippen molar-refractivity contribution in [1.29, 1.82) is 0 Å². The molecule has 0 saturated carbocycles. The number of piperidine rings is 1. The van der Waals surface area contributed by atoms with E-state index in [9.17, 15) is 4.79 Å². The second kappa shape index (κ2) is 5.61. The van der Waals surface area contributed by atoms with Crippen LogP contribution in [0.4, 0.5) is 0 Å². The molecule has 1 saturated heterocycles. The van der Waals surface area contributed by atoms with Gasteiger partial charge in [-0.05, 0) is 37.4 Å². The minimum atomic E-state index is -0.0585. The molecule has 2 aliphatic rings. The van der Waals surface area contributed by atoms with E-state index in [1.165, 1.54) is 0 Å². The third-order valence-electron chi connectivity index (χ3n) is 3.89. The number of carbonyl (C=O) groups is 1. The lowest BCUT2D eigenvalue weighted by molar-refractivity contribution is -0.127. The molecule has 19 heavy (non-hydrogen) atoms. The van der Waals surface area contributed by atoms with Gasteiger partial charge in [-0.3, -0.25) is 4.79 Å². The van der Waals surface area contributed by atoms with E-state index in [1.807, 2.05) is 24.3 Å². The average molecular weight is 260 g/mol. The van der Waals surface area contributed by atoms with Gasteiger partial charge in [0, 0.05) is 12.6 Å². The first kappa shape index (κ1) is 12.5. The zero-order valence-electron chi connectivity index (χ0n) is 11.0. The molecule has 2 heterocycles. The Labute approximate surface area is 113 Å². The summed E-state index contributed by atoms with van der Waals surface area (Å²) in [7, 11) is 0. The molecule has 1 aromatic carbocycles. The summed E-state index contributed by atoms with van der Waals surface area (Å²) < 4.78 is 5.67. The van der Waals surface area contributed by atoms with Crippen LogP contribution in [0.25, 0.3) is 0 Å². The lowest BCUT2D eigenvalue weighted by Crippen LogP contribution is -2.49. The highest BCUT2D eigenvalue weighted by atomic mass is 16.5. The minimum Gasteiger partial charge on any atom is -0.492 e. The Bertz CT molecular complexity index is 455. The second-order valence-electron chi connectivity index (χ2n) is 5.37. The third-order valence-corrected chi connectivity index (χ3v) is 3.89. The fourth-order valence-corrected chi connectivity index (χ4v) is 2.79. The summed E-state index contributed by atoms with van der Waals surface area (Å²) in [5.74, 6) is 0.992. The van der Waals surface area contributed by atoms with E-state index in [-0.39, 0.29) is 17.9 Å². The average Bonchev–Trinajstić information content (AvgIpc) is 2.48. The van der Waals surface area contributed by atoms with E-state index in [2.05, 4.69) is 10.6 Å². The number of nitrogens with one attached hydrogen (secondary N) is 2. The van der Waals surface area contributed by atoms with Crippen molar-refractivity contribution >= 4 is 5.91 Å². The highest BCUT2D eigenvalue weighted by molar-refractivity contribution is 5.80. The Kier molecular flexibility index (Phi) is 3.69. The van der Waals surface area contributed by atoms with Crippen LogP contribution in [0.3, 0.4) is 0 Å². The Morgan fingerprint density at radius 2 is 2.26 bits per heavy atom. The van der Waals surface area contributed by atoms with Gasteiger partial charge in [0.2, 0.25) is 5.91 Å². The molecule has 0 spiro atoms. The van der Waals surface area contributed by atoms with Crippen LogP contribution >= 0.6 is 0 Å². The zero-order valence-corrected chi connectivity index (χ0v) is 11.0. The molecule has 3 rings (SSSR count). The van der Waals surface area contributed by atoms with Crippen molar-refractivity contribution in [3.8, 4) is 5.75 Å². The van der Waals surface area contributed by atoms with E-state index in [0.717, 1.165) is 43.7 Å². The van der Waals surface area contributed by atoms with Gasteiger partial charge in [-0.15, -0.1) is 0 Å². The second-order valence-corrected chi connectivity index (χ2v) is 5.37. The number of benzene rings is 1. The maximum atomic E-state index is 12.3. The summed E-state index contributed by atoms with van der Waals surface area (Å²) in [6.07, 6.45) is 2.99. The summed E-state index contributed by atoms with van der Waals surface area (Å²) in [5.41, 5.74) is 1.13. The Balaban J connectivity index is 1.59. The molecule has 4 heteroatoms. The molecule has 0 aliphatic carbocycles. The number of para-hydroxylation sites is 1. The van der Waals surface area contributed by atoms with Crippen molar-refractivity contribution in [2.24, 2.45) is 5.92 Å². The number of ether oxygens (including phenoxy) is 1. The van der Waals surface area contributed by atoms with E-state index < -0.39 is 0 Å². The van der Waals surface area contributed by atoms with Crippen LogP contribution in [-0.2, 0) is 11.2 Å². The van der Waals surface area contributed by atoms with Gasteiger partial charge in [0.15, 0.2) is 0 Å². The molecule has 0 bridgehead atoms. The maximum Gasteiger partial charge on any atom is 0.227 e. The fraction of sp³-hybridized carbons (Fsp3) is 0.533. The quantitative estimate of drug-likeness (QED) is 0.837. The van der Waals surface area contributed by atoms with Crippen molar-refractivity contribution in [2.75, 3.05) is 19.7 Å². The highest BCUT2D eigenvalue weighted by Gasteiger charge is 2.27. The first-order valence-electron chi connectivity index (χ1n) is 7.05. The summed E-state index contributed by atoms with van der Waals surface area (Å²) in [5, 5.41) is 6.45. The van der Waals surface area contributed by atoms with Crippen LogP contribution in [-0.4, -0.2) is 31.6 Å². The molecular weight excluding hydrogens is 240 g/mol. The van der Waals surface area contributed by atoms with E-state index in [1.54, 1.807) is 0 Å². The first-order chi connectivity index (χ1) is 9.33. The van der Waals surface area contributed by atoms with Crippen LogP contribution in [0.5, 0.6) is 5.75 Å². The van der Waals surface area contributed by atoms with Crippen LogP contribution in [0.15, 0.2) is 24.3 Å². The van der Waals surface area contributed by atoms with Gasteiger partial charge in [0.05, 0.1) is 5.92 Å². The number of carbonyl (C=O) groups excluding carboxylic acids is 1. The predicted molar refractivity (Wildman–Crippen MR) is 73.2 cm³/mol. The lowest BCUT2D eigenvalue weighted by Gasteiger charge is -2.28. The summed E-state index contributed by atoms with van der Waals surface area (Å²) in [6.45, 7) is 2.44. The Hall–Kier alpha value is -1.55. The molecule has 0 aromatic heterocycles. The molecule has 1 unspecified atom stereocenters. The Morgan fingerprint density at radius 3 is 3.11 bits per heavy atom. The van der Waals surface area contributed by atoms with Gasteiger partial charge < -0.3 is 15.4 Å². The molecular formula is C15H20N2O2. The molecule has 102 valence electrons. The van der Waals surface area contributed by atoms with Crippen LogP contribution in [0.1, 0.15) is 18.4 Å². The molecule has 1 fully saturated rings. The van der Waals surface area contributed by atoms with E-state index >= 15 is 0 Å². The van der Waals surface area contributed by atoms with Crippen molar-refractivity contribution in [1.82, 2.24) is 10.6 Å². The van der Waals surface area contributed by atoms with Crippen molar-refractivity contribution in [3.63, 3.8) is 0 Å². The normalized spacial score (nSPS) is 26.1. The smallest absolute Gasteiger partial charge is 0.227 e. The lowest BCUT2D eigenvalue weighted by atomic mass is 9.95. The third kappa shape index (κ3) is 2.89. The molecule has 2 N–H and O–H groups in total. The van der Waals surface area contributed by atoms with Crippen molar-refractivity contribution in [3.05, 3.63) is 29.8 Å². The number of amides is 1. The SMILES string of the molecule is O=C(N[C@H]1CCCNC1)C1COc2ccccc2C1. The maximum absolute atomic E-state index is 12.3. The molecule has 2 aliphatic heterocycles. The van der Waals surface area contributed by atoms with E-state index in [0.29, 0.717) is 6.61 Å². The number of hydrogen-bond donors (Lipinski definition) is 2. The van der Waals surface area contributed by atoms with Crippen LogP contribution in [0.2, 0.25) is 0 Å². The van der Waals surface area contributed by atoms with Gasteiger partial charge in [-0.1, -0.05) is 18.2 Å². The number of fused-ring (bicyclic) bond motifs is 1. The van der Waals surface area contributed by atoms with Gasteiger partial charge in [0.25, 0.3) is 0 Å². The molecule has 0 radical (unpaired) electrons. The Morgan fingerprint density at radius 1 is 1.37 bits per heavy atom. The number of rotatable bonds is 2.